The van der Waals surface area contributed by atoms with Gasteiger partial charge in [0, 0.05) is 26.1 Å². The van der Waals surface area contributed by atoms with E-state index >= 15 is 0 Å². The van der Waals surface area contributed by atoms with Crippen LogP contribution in [0.25, 0.3) is 0 Å². The fourth-order valence-corrected chi connectivity index (χ4v) is 2.14. The molecular formula is C12H22N4O2. The molecule has 2 heterocycles. The summed E-state index contributed by atoms with van der Waals surface area (Å²) in [5.41, 5.74) is 6.69. The van der Waals surface area contributed by atoms with Crippen LogP contribution in [-0.2, 0) is 11.3 Å². The first kappa shape index (κ1) is 13.2. The average Bonchev–Trinajstić information content (AvgIpc) is 2.85. The van der Waals surface area contributed by atoms with Gasteiger partial charge in [-0.25, -0.2) is 4.68 Å². The van der Waals surface area contributed by atoms with Crippen molar-refractivity contribution < 1.29 is 9.84 Å². The van der Waals surface area contributed by atoms with E-state index in [9.17, 15) is 5.11 Å². The van der Waals surface area contributed by atoms with Crippen LogP contribution in [0.15, 0.2) is 0 Å². The molecule has 1 saturated heterocycles. The van der Waals surface area contributed by atoms with Gasteiger partial charge in [0.1, 0.15) is 11.4 Å². The van der Waals surface area contributed by atoms with Crippen LogP contribution < -0.4 is 11.1 Å². The van der Waals surface area contributed by atoms with Crippen molar-refractivity contribution in [1.82, 2.24) is 9.78 Å². The molecular weight excluding hydrogens is 232 g/mol. The van der Waals surface area contributed by atoms with Crippen LogP contribution >= 0.6 is 0 Å². The summed E-state index contributed by atoms with van der Waals surface area (Å²) in [4.78, 5) is 0. The number of hydrogen-bond donors (Lipinski definition) is 3. The van der Waals surface area contributed by atoms with E-state index in [4.69, 9.17) is 10.5 Å². The zero-order valence-electron chi connectivity index (χ0n) is 11.1. The smallest absolute Gasteiger partial charge is 0.148 e. The molecule has 0 spiro atoms. The van der Waals surface area contributed by atoms with Gasteiger partial charge >= 0.3 is 0 Å². The van der Waals surface area contributed by atoms with Crippen molar-refractivity contribution in [1.29, 1.82) is 0 Å². The zero-order chi connectivity index (χ0) is 13.2. The molecule has 6 heteroatoms. The summed E-state index contributed by atoms with van der Waals surface area (Å²) in [5.74, 6) is 0.801. The summed E-state index contributed by atoms with van der Waals surface area (Å²) in [6.45, 7) is 6.22. The zero-order valence-corrected chi connectivity index (χ0v) is 11.1. The van der Waals surface area contributed by atoms with Gasteiger partial charge in [0.2, 0.25) is 0 Å². The topological polar surface area (TPSA) is 85.3 Å². The van der Waals surface area contributed by atoms with Gasteiger partial charge in [-0.15, -0.1) is 0 Å². The number of nitrogens with two attached hydrogens (primary N) is 1. The molecule has 1 atom stereocenters. The number of nitrogens with zero attached hydrogens (tertiary/aromatic N) is 2. The van der Waals surface area contributed by atoms with Crippen molar-refractivity contribution in [3.63, 3.8) is 0 Å². The summed E-state index contributed by atoms with van der Waals surface area (Å²) in [5, 5.41) is 17.8. The summed E-state index contributed by atoms with van der Waals surface area (Å²) < 4.78 is 7.08. The van der Waals surface area contributed by atoms with E-state index < -0.39 is 5.60 Å². The minimum Gasteiger partial charge on any atom is -0.394 e. The molecule has 102 valence electrons. The summed E-state index contributed by atoms with van der Waals surface area (Å²) in [7, 11) is 0. The number of aryl methyl sites for hydroxylation is 2. The molecule has 0 aliphatic carbocycles. The van der Waals surface area contributed by atoms with Crippen molar-refractivity contribution in [2.24, 2.45) is 0 Å². The van der Waals surface area contributed by atoms with Gasteiger partial charge in [0.25, 0.3) is 0 Å². The van der Waals surface area contributed by atoms with Gasteiger partial charge in [-0.1, -0.05) is 6.92 Å². The molecule has 0 amide bonds. The predicted molar refractivity (Wildman–Crippen MR) is 70.5 cm³/mol. The second-order valence-corrected chi connectivity index (χ2v) is 4.95. The lowest BCUT2D eigenvalue weighted by molar-refractivity contribution is 0.0381. The van der Waals surface area contributed by atoms with Crippen LogP contribution in [0, 0.1) is 6.92 Å². The van der Waals surface area contributed by atoms with Gasteiger partial charge in [-0.2, -0.15) is 5.10 Å². The van der Waals surface area contributed by atoms with Crippen LogP contribution in [0.3, 0.4) is 0 Å². The lowest BCUT2D eigenvalue weighted by Crippen LogP contribution is -2.37. The van der Waals surface area contributed by atoms with Gasteiger partial charge < -0.3 is 20.9 Å². The first-order valence-electron chi connectivity index (χ1n) is 6.42. The molecule has 1 unspecified atom stereocenters. The molecule has 2 rings (SSSR count). The number of rotatable bonds is 5. The molecule has 0 aromatic carbocycles. The summed E-state index contributed by atoms with van der Waals surface area (Å²) >= 11 is 0. The van der Waals surface area contributed by atoms with Crippen LogP contribution in [0.2, 0.25) is 0 Å². The number of anilines is 2. The quantitative estimate of drug-likeness (QED) is 0.722. The third-order valence-electron chi connectivity index (χ3n) is 3.28. The van der Waals surface area contributed by atoms with E-state index in [0.717, 1.165) is 24.5 Å². The van der Waals surface area contributed by atoms with E-state index in [1.807, 2.05) is 11.6 Å². The summed E-state index contributed by atoms with van der Waals surface area (Å²) in [6, 6.07) is 0. The van der Waals surface area contributed by atoms with Crippen LogP contribution in [0.1, 0.15) is 25.5 Å². The maximum atomic E-state index is 10.2. The Morgan fingerprint density at radius 3 is 3.00 bits per heavy atom. The van der Waals surface area contributed by atoms with Crippen molar-refractivity contribution >= 4 is 11.5 Å². The van der Waals surface area contributed by atoms with Gasteiger partial charge in [-0.3, -0.25) is 0 Å². The van der Waals surface area contributed by atoms with Crippen molar-refractivity contribution in [3.8, 4) is 0 Å². The van der Waals surface area contributed by atoms with Crippen molar-refractivity contribution in [3.05, 3.63) is 5.69 Å². The Morgan fingerprint density at radius 2 is 2.39 bits per heavy atom. The first-order valence-corrected chi connectivity index (χ1v) is 6.42. The lowest BCUT2D eigenvalue weighted by Gasteiger charge is -2.21. The van der Waals surface area contributed by atoms with E-state index in [1.54, 1.807) is 0 Å². The second kappa shape index (κ2) is 5.16. The predicted octanol–water partition coefficient (Wildman–Crippen LogP) is 0.747. The minimum atomic E-state index is -0.790. The van der Waals surface area contributed by atoms with Gasteiger partial charge in [-0.05, 0) is 13.3 Å². The minimum absolute atomic E-state index is 0.376. The molecule has 4 N–H and O–H groups in total. The molecule has 1 aromatic heterocycles. The lowest BCUT2D eigenvalue weighted by atomic mass is 10.0. The van der Waals surface area contributed by atoms with Crippen molar-refractivity contribution in [2.45, 2.75) is 38.8 Å². The normalized spacial score (nSPS) is 23.5. The highest BCUT2D eigenvalue weighted by Gasteiger charge is 2.32. The Kier molecular flexibility index (Phi) is 3.77. The Hall–Kier alpha value is -1.27. The Bertz CT molecular complexity index is 410. The van der Waals surface area contributed by atoms with Crippen LogP contribution in [-0.4, -0.2) is 40.2 Å². The highest BCUT2D eigenvalue weighted by atomic mass is 16.5. The van der Waals surface area contributed by atoms with E-state index in [2.05, 4.69) is 17.3 Å². The van der Waals surface area contributed by atoms with Gasteiger partial charge in [0.05, 0.1) is 18.0 Å². The molecule has 0 saturated carbocycles. The number of hydrogen-bond acceptors (Lipinski definition) is 5. The Morgan fingerprint density at radius 1 is 1.61 bits per heavy atom. The molecule has 1 aliphatic heterocycles. The number of aliphatic hydroxyl groups is 1. The third-order valence-corrected chi connectivity index (χ3v) is 3.28. The maximum Gasteiger partial charge on any atom is 0.148 e. The number of nitrogens with one attached hydrogen (secondary N) is 1. The monoisotopic (exact) mass is 254 g/mol. The average molecular weight is 254 g/mol. The van der Waals surface area contributed by atoms with E-state index in [-0.39, 0.29) is 0 Å². The fraction of sp³-hybridized carbons (Fsp3) is 0.750. The first-order chi connectivity index (χ1) is 8.56. The highest BCUT2D eigenvalue weighted by Crippen LogP contribution is 2.25. The third kappa shape index (κ3) is 2.59. The summed E-state index contributed by atoms with van der Waals surface area (Å²) in [6.07, 6.45) is 1.64. The maximum absolute atomic E-state index is 10.2. The molecule has 18 heavy (non-hydrogen) atoms. The van der Waals surface area contributed by atoms with Crippen LogP contribution in [0.5, 0.6) is 0 Å². The highest BCUT2D eigenvalue weighted by molar-refractivity contribution is 5.64. The number of ether oxygens (including phenoxy) is 1. The van der Waals surface area contributed by atoms with Gasteiger partial charge in [0.15, 0.2) is 0 Å². The van der Waals surface area contributed by atoms with Crippen LogP contribution in [0.4, 0.5) is 11.5 Å². The largest absolute Gasteiger partial charge is 0.394 e. The van der Waals surface area contributed by atoms with E-state index in [0.29, 0.717) is 31.9 Å². The number of aromatic nitrogens is 2. The van der Waals surface area contributed by atoms with E-state index in [1.165, 1.54) is 0 Å². The molecule has 1 aromatic rings. The molecule has 0 bridgehead atoms. The van der Waals surface area contributed by atoms with Crippen molar-refractivity contribution in [2.75, 3.05) is 30.8 Å². The standard InChI is InChI=1S/C12H22N4O2/c1-3-5-16-11(10(13)9(2)15-16)14-7-12(17)4-6-18-8-12/h14,17H,3-8,13H2,1-2H3. The fourth-order valence-electron chi connectivity index (χ4n) is 2.14. The molecule has 1 fully saturated rings. The second-order valence-electron chi connectivity index (χ2n) is 4.95. The SMILES string of the molecule is CCCn1nc(C)c(N)c1NCC1(O)CCOC1. The molecule has 1 aliphatic rings. The Labute approximate surface area is 107 Å². The Balaban J connectivity index is 2.08. The number of nitrogen functional groups attached to an aromatic ring is 1. The molecule has 0 radical (unpaired) electrons. The molecule has 6 nitrogen and oxygen atoms in total.